The molecule has 0 aliphatic carbocycles. The number of benzene rings is 2. The largest absolute Gasteiger partial charge is 0.397 e. The first kappa shape index (κ1) is 16.3. The highest BCUT2D eigenvalue weighted by Crippen LogP contribution is 2.29. The predicted molar refractivity (Wildman–Crippen MR) is 98.7 cm³/mol. The predicted octanol–water partition coefficient (Wildman–Crippen LogP) is 1.84. The van der Waals surface area contributed by atoms with E-state index in [4.69, 9.17) is 11.6 Å². The Bertz CT molecular complexity index is 708. The van der Waals surface area contributed by atoms with Crippen LogP contribution in [0.25, 0.3) is 0 Å². The van der Waals surface area contributed by atoms with E-state index in [0.717, 1.165) is 38.2 Å². The number of rotatable bonds is 4. The highest BCUT2D eigenvalue weighted by Gasteiger charge is 2.15. The molecule has 0 saturated carbocycles. The number of hydrazine groups is 1. The van der Waals surface area contributed by atoms with Crippen LogP contribution < -0.4 is 21.5 Å². The first-order chi connectivity index (χ1) is 11.6. The summed E-state index contributed by atoms with van der Waals surface area (Å²) in [5.74, 6) is 6.20. The molecule has 6 heteroatoms. The average molecular weight is 325 g/mol. The molecule has 6 nitrogen and oxygen atoms in total. The number of carbonyl (C=O) groups is 1. The Balaban J connectivity index is 1.79. The third-order valence-electron chi connectivity index (χ3n) is 4.45. The summed E-state index contributed by atoms with van der Waals surface area (Å²) in [6.07, 6.45) is 0.785. The second kappa shape index (κ2) is 6.90. The van der Waals surface area contributed by atoms with Gasteiger partial charge in [0, 0.05) is 37.4 Å². The number of piperazine rings is 1. The molecule has 0 atom stereocenters. The summed E-state index contributed by atoms with van der Waals surface area (Å²) in [5, 5.41) is 1.51. The van der Waals surface area contributed by atoms with E-state index in [-0.39, 0.29) is 0 Å². The maximum Gasteiger partial charge on any atom is 0.150 e. The Kier molecular flexibility index (Phi) is 4.69. The molecule has 0 amide bonds. The Hall–Kier alpha value is -2.57. The van der Waals surface area contributed by atoms with E-state index >= 15 is 0 Å². The van der Waals surface area contributed by atoms with E-state index in [1.807, 2.05) is 12.1 Å². The molecule has 0 unspecified atom stereocenters. The minimum absolute atomic E-state index is 0.534. The van der Waals surface area contributed by atoms with E-state index < -0.39 is 0 Å². The number of hydrogen-bond donors (Lipinski definition) is 2. The molecule has 0 bridgehead atoms. The second-order valence-corrected chi connectivity index (χ2v) is 6.11. The molecule has 2 aromatic rings. The van der Waals surface area contributed by atoms with Gasteiger partial charge in [-0.3, -0.25) is 9.80 Å². The number of likely N-dealkylation sites (N-methyl/N-ethyl adjacent to an activating group) is 1. The SMILES string of the molecule is CN1CCN(c2ccc(N(N)c3cc(C=O)ccc3N)cc2)CC1. The van der Waals surface area contributed by atoms with Crippen molar-refractivity contribution in [3.8, 4) is 0 Å². The van der Waals surface area contributed by atoms with Crippen LogP contribution in [0, 0.1) is 0 Å². The van der Waals surface area contributed by atoms with Crippen LogP contribution in [-0.4, -0.2) is 44.4 Å². The minimum Gasteiger partial charge on any atom is -0.397 e. The smallest absolute Gasteiger partial charge is 0.150 e. The topological polar surface area (TPSA) is 78.8 Å². The molecule has 0 aromatic heterocycles. The zero-order valence-corrected chi connectivity index (χ0v) is 13.9. The van der Waals surface area contributed by atoms with Crippen LogP contribution in [0.1, 0.15) is 10.4 Å². The molecule has 4 N–H and O–H groups in total. The first-order valence-corrected chi connectivity index (χ1v) is 8.01. The van der Waals surface area contributed by atoms with Crippen LogP contribution in [0.2, 0.25) is 0 Å². The van der Waals surface area contributed by atoms with Crippen molar-refractivity contribution in [1.29, 1.82) is 0 Å². The van der Waals surface area contributed by atoms with Crippen molar-refractivity contribution in [3.63, 3.8) is 0 Å². The standard InChI is InChI=1S/C18H23N5O/c1-21-8-10-22(11-9-21)15-3-5-16(6-4-15)23(20)18-12-14(13-24)2-7-17(18)19/h2-7,12-13H,8-11,19-20H2,1H3. The van der Waals surface area contributed by atoms with Crippen molar-refractivity contribution in [2.24, 2.45) is 5.84 Å². The fraction of sp³-hybridized carbons (Fsp3) is 0.278. The van der Waals surface area contributed by atoms with Crippen LogP contribution in [0.4, 0.5) is 22.7 Å². The lowest BCUT2D eigenvalue weighted by Gasteiger charge is -2.34. The Morgan fingerprint density at radius 1 is 1.04 bits per heavy atom. The monoisotopic (exact) mass is 325 g/mol. The van der Waals surface area contributed by atoms with E-state index in [2.05, 4.69) is 29.0 Å². The number of nitrogens with zero attached hydrogens (tertiary/aromatic N) is 3. The molecular formula is C18H23N5O. The molecule has 24 heavy (non-hydrogen) atoms. The third kappa shape index (κ3) is 3.34. The van der Waals surface area contributed by atoms with Gasteiger partial charge >= 0.3 is 0 Å². The molecule has 126 valence electrons. The van der Waals surface area contributed by atoms with E-state index in [1.165, 1.54) is 10.7 Å². The number of carbonyl (C=O) groups excluding carboxylic acids is 1. The molecular weight excluding hydrogens is 302 g/mol. The summed E-state index contributed by atoms with van der Waals surface area (Å²) in [6, 6.07) is 13.1. The summed E-state index contributed by atoms with van der Waals surface area (Å²) in [6.45, 7) is 4.19. The van der Waals surface area contributed by atoms with Gasteiger partial charge in [0.05, 0.1) is 17.1 Å². The Labute approximate surface area is 142 Å². The summed E-state index contributed by atoms with van der Waals surface area (Å²) in [4.78, 5) is 15.7. The van der Waals surface area contributed by atoms with Gasteiger partial charge in [0.25, 0.3) is 0 Å². The maximum absolute atomic E-state index is 11.0. The Morgan fingerprint density at radius 2 is 1.71 bits per heavy atom. The van der Waals surface area contributed by atoms with Gasteiger partial charge in [-0.1, -0.05) is 0 Å². The van der Waals surface area contributed by atoms with Crippen molar-refractivity contribution in [3.05, 3.63) is 48.0 Å². The van der Waals surface area contributed by atoms with Crippen molar-refractivity contribution in [2.45, 2.75) is 0 Å². The summed E-state index contributed by atoms with van der Waals surface area (Å²) in [5.41, 5.74) is 9.70. The lowest BCUT2D eigenvalue weighted by molar-refractivity contribution is 0.112. The zero-order valence-electron chi connectivity index (χ0n) is 13.9. The number of nitrogen functional groups attached to an aromatic ring is 1. The summed E-state index contributed by atoms with van der Waals surface area (Å²) < 4.78 is 0. The summed E-state index contributed by atoms with van der Waals surface area (Å²) in [7, 11) is 2.14. The maximum atomic E-state index is 11.0. The number of aldehydes is 1. The number of nitrogens with two attached hydrogens (primary N) is 2. The molecule has 1 aliphatic rings. The molecule has 1 aliphatic heterocycles. The molecule has 1 saturated heterocycles. The fourth-order valence-electron chi connectivity index (χ4n) is 2.87. The lowest BCUT2D eigenvalue weighted by atomic mass is 10.1. The van der Waals surface area contributed by atoms with Gasteiger partial charge in [0.2, 0.25) is 0 Å². The van der Waals surface area contributed by atoms with Gasteiger partial charge in [-0.2, -0.15) is 0 Å². The normalized spacial score (nSPS) is 15.3. The number of hydrogen-bond acceptors (Lipinski definition) is 6. The highest BCUT2D eigenvalue weighted by molar-refractivity contribution is 5.83. The third-order valence-corrected chi connectivity index (χ3v) is 4.45. The van der Waals surface area contributed by atoms with Crippen molar-refractivity contribution >= 4 is 29.0 Å². The fourth-order valence-corrected chi connectivity index (χ4v) is 2.87. The van der Waals surface area contributed by atoms with Crippen LogP contribution in [0.5, 0.6) is 0 Å². The van der Waals surface area contributed by atoms with E-state index in [1.54, 1.807) is 18.2 Å². The van der Waals surface area contributed by atoms with Crippen LogP contribution in [0.15, 0.2) is 42.5 Å². The average Bonchev–Trinajstić information content (AvgIpc) is 2.62. The van der Waals surface area contributed by atoms with Gasteiger partial charge in [-0.25, -0.2) is 5.84 Å². The van der Waals surface area contributed by atoms with Gasteiger partial charge in [0.1, 0.15) is 6.29 Å². The van der Waals surface area contributed by atoms with Gasteiger partial charge < -0.3 is 15.5 Å². The molecule has 1 fully saturated rings. The van der Waals surface area contributed by atoms with Gasteiger partial charge in [-0.05, 0) is 49.5 Å². The van der Waals surface area contributed by atoms with Crippen molar-refractivity contribution in [2.75, 3.05) is 48.9 Å². The zero-order chi connectivity index (χ0) is 17.1. The van der Waals surface area contributed by atoms with E-state index in [0.29, 0.717) is 16.9 Å². The van der Waals surface area contributed by atoms with Crippen molar-refractivity contribution < 1.29 is 4.79 Å². The molecule has 3 rings (SSSR count). The molecule has 0 radical (unpaired) electrons. The molecule has 0 spiro atoms. The lowest BCUT2D eigenvalue weighted by Crippen LogP contribution is -2.44. The summed E-state index contributed by atoms with van der Waals surface area (Å²) >= 11 is 0. The Morgan fingerprint density at radius 3 is 2.33 bits per heavy atom. The molecule has 2 aromatic carbocycles. The number of anilines is 4. The van der Waals surface area contributed by atoms with Gasteiger partial charge in [0.15, 0.2) is 0 Å². The van der Waals surface area contributed by atoms with E-state index in [9.17, 15) is 4.79 Å². The molecule has 1 heterocycles. The quantitative estimate of drug-likeness (QED) is 0.386. The second-order valence-electron chi connectivity index (χ2n) is 6.11. The van der Waals surface area contributed by atoms with Crippen molar-refractivity contribution in [1.82, 2.24) is 4.90 Å². The van der Waals surface area contributed by atoms with Crippen LogP contribution in [0.3, 0.4) is 0 Å². The highest BCUT2D eigenvalue weighted by atomic mass is 16.1. The van der Waals surface area contributed by atoms with Gasteiger partial charge in [-0.15, -0.1) is 0 Å². The minimum atomic E-state index is 0.534. The van der Waals surface area contributed by atoms with Crippen LogP contribution in [-0.2, 0) is 0 Å². The first-order valence-electron chi connectivity index (χ1n) is 8.01. The van der Waals surface area contributed by atoms with Crippen LogP contribution >= 0.6 is 0 Å².